The van der Waals surface area contributed by atoms with Crippen molar-refractivity contribution in [2.45, 2.75) is 19.9 Å². The first kappa shape index (κ1) is 13.5. The van der Waals surface area contributed by atoms with Crippen LogP contribution < -0.4 is 5.73 Å². The minimum atomic E-state index is -0.0416. The summed E-state index contributed by atoms with van der Waals surface area (Å²) in [5.74, 6) is -0.0416. The molecule has 0 aliphatic heterocycles. The zero-order chi connectivity index (χ0) is 13.7. The summed E-state index contributed by atoms with van der Waals surface area (Å²) in [6.45, 7) is 3.24. The highest BCUT2D eigenvalue weighted by atomic mass is 32.1. The summed E-state index contributed by atoms with van der Waals surface area (Å²) < 4.78 is 3.73. The van der Waals surface area contributed by atoms with Gasteiger partial charge in [-0.05, 0) is 29.6 Å². The Morgan fingerprint density at radius 2 is 2.21 bits per heavy atom. The van der Waals surface area contributed by atoms with E-state index < -0.39 is 0 Å². The molecule has 0 spiro atoms. The Morgan fingerprint density at radius 3 is 2.84 bits per heavy atom. The van der Waals surface area contributed by atoms with E-state index in [1.165, 1.54) is 6.20 Å². The average molecular weight is 276 g/mol. The minimum absolute atomic E-state index is 0.0416. The number of hydrogen-bond acceptors (Lipinski definition) is 5. The number of nitrogens with zero attached hydrogens (tertiary/aromatic N) is 3. The van der Waals surface area contributed by atoms with Gasteiger partial charge in [0.25, 0.3) is 5.91 Å². The Balaban J connectivity index is 2.17. The second kappa shape index (κ2) is 6.29. The summed E-state index contributed by atoms with van der Waals surface area (Å²) >= 11 is 1.12. The molecule has 0 saturated carbocycles. The van der Waals surface area contributed by atoms with Crippen LogP contribution in [0.4, 0.5) is 5.69 Å². The second-order valence-electron chi connectivity index (χ2n) is 4.21. The zero-order valence-electron chi connectivity index (χ0n) is 10.7. The van der Waals surface area contributed by atoms with Crippen LogP contribution in [-0.2, 0) is 6.54 Å². The van der Waals surface area contributed by atoms with Gasteiger partial charge in [0.05, 0.1) is 6.20 Å². The first-order chi connectivity index (χ1) is 9.22. The first-order valence-electron chi connectivity index (χ1n) is 6.12. The standard InChI is InChI=1S/C13H16N4OS/c1-2-7-17(13(18)12-8-15-16-19-12)9-10-5-3-4-6-11(10)14/h3-6,8H,2,7,9,14H2,1H3. The zero-order valence-corrected chi connectivity index (χ0v) is 11.6. The molecule has 0 fully saturated rings. The number of aromatic nitrogens is 2. The van der Waals surface area contributed by atoms with E-state index in [1.807, 2.05) is 31.2 Å². The molecule has 0 radical (unpaired) electrons. The number of anilines is 1. The van der Waals surface area contributed by atoms with Crippen molar-refractivity contribution in [3.8, 4) is 0 Å². The van der Waals surface area contributed by atoms with Crippen molar-refractivity contribution < 1.29 is 4.79 Å². The van der Waals surface area contributed by atoms with Crippen LogP contribution in [0.2, 0.25) is 0 Å². The molecule has 1 amide bonds. The number of rotatable bonds is 5. The summed E-state index contributed by atoms with van der Waals surface area (Å²) in [6.07, 6.45) is 2.40. The molecule has 0 bridgehead atoms. The van der Waals surface area contributed by atoms with Crippen LogP contribution in [0.25, 0.3) is 0 Å². The van der Waals surface area contributed by atoms with Crippen LogP contribution in [-0.4, -0.2) is 26.9 Å². The molecular weight excluding hydrogens is 260 g/mol. The lowest BCUT2D eigenvalue weighted by Gasteiger charge is -2.22. The van der Waals surface area contributed by atoms with Gasteiger partial charge >= 0.3 is 0 Å². The predicted molar refractivity (Wildman–Crippen MR) is 75.8 cm³/mol. The Hall–Kier alpha value is -1.95. The summed E-state index contributed by atoms with van der Waals surface area (Å²) in [5.41, 5.74) is 7.59. The van der Waals surface area contributed by atoms with Crippen LogP contribution in [0.3, 0.4) is 0 Å². The van der Waals surface area contributed by atoms with E-state index in [4.69, 9.17) is 5.73 Å². The summed E-state index contributed by atoms with van der Waals surface area (Å²) in [6, 6.07) is 7.60. The van der Waals surface area contributed by atoms with Crippen molar-refractivity contribution >= 4 is 23.1 Å². The molecule has 5 nitrogen and oxygen atoms in total. The molecule has 1 aromatic heterocycles. The van der Waals surface area contributed by atoms with E-state index in [9.17, 15) is 4.79 Å². The van der Waals surface area contributed by atoms with E-state index in [1.54, 1.807) is 4.90 Å². The van der Waals surface area contributed by atoms with E-state index in [0.717, 1.165) is 23.5 Å². The van der Waals surface area contributed by atoms with Gasteiger partial charge in [0.1, 0.15) is 4.88 Å². The molecule has 2 N–H and O–H groups in total. The number of benzene rings is 1. The van der Waals surface area contributed by atoms with Gasteiger partial charge in [-0.1, -0.05) is 29.6 Å². The van der Waals surface area contributed by atoms with Crippen LogP contribution in [0.15, 0.2) is 30.5 Å². The SMILES string of the molecule is CCCN(Cc1ccccc1N)C(=O)c1cnns1. The Morgan fingerprint density at radius 1 is 1.42 bits per heavy atom. The van der Waals surface area contributed by atoms with Crippen molar-refractivity contribution in [1.82, 2.24) is 14.5 Å². The molecular formula is C13H16N4OS. The molecule has 6 heteroatoms. The van der Waals surface area contributed by atoms with Gasteiger partial charge in [0, 0.05) is 18.8 Å². The number of carbonyl (C=O) groups excluding carboxylic acids is 1. The van der Waals surface area contributed by atoms with Crippen molar-refractivity contribution in [1.29, 1.82) is 0 Å². The summed E-state index contributed by atoms with van der Waals surface area (Å²) in [7, 11) is 0. The molecule has 2 aromatic rings. The third kappa shape index (κ3) is 3.29. The second-order valence-corrected chi connectivity index (χ2v) is 4.99. The van der Waals surface area contributed by atoms with Crippen LogP contribution in [0, 0.1) is 0 Å². The topological polar surface area (TPSA) is 72.1 Å². The van der Waals surface area contributed by atoms with Crippen LogP contribution >= 0.6 is 11.5 Å². The Labute approximate surface area is 116 Å². The maximum atomic E-state index is 12.3. The van der Waals surface area contributed by atoms with Crippen molar-refractivity contribution in [3.05, 3.63) is 40.9 Å². The van der Waals surface area contributed by atoms with E-state index in [0.29, 0.717) is 23.7 Å². The lowest BCUT2D eigenvalue weighted by Crippen LogP contribution is -2.31. The van der Waals surface area contributed by atoms with Gasteiger partial charge in [-0.15, -0.1) is 5.10 Å². The fourth-order valence-electron chi connectivity index (χ4n) is 1.82. The number of hydrogen-bond donors (Lipinski definition) is 1. The van der Waals surface area contributed by atoms with Crippen molar-refractivity contribution in [2.24, 2.45) is 0 Å². The molecule has 0 aliphatic carbocycles. The number of amides is 1. The lowest BCUT2D eigenvalue weighted by atomic mass is 10.1. The molecule has 0 atom stereocenters. The third-order valence-corrected chi connectivity index (χ3v) is 3.42. The Kier molecular flexibility index (Phi) is 4.46. The van der Waals surface area contributed by atoms with Crippen molar-refractivity contribution in [2.75, 3.05) is 12.3 Å². The average Bonchev–Trinajstić information content (AvgIpc) is 2.94. The van der Waals surface area contributed by atoms with Crippen LogP contribution in [0.1, 0.15) is 28.6 Å². The maximum absolute atomic E-state index is 12.3. The monoisotopic (exact) mass is 276 g/mol. The smallest absolute Gasteiger partial charge is 0.267 e. The third-order valence-electron chi connectivity index (χ3n) is 2.77. The molecule has 0 unspecified atom stereocenters. The molecule has 19 heavy (non-hydrogen) atoms. The highest BCUT2D eigenvalue weighted by molar-refractivity contribution is 7.07. The lowest BCUT2D eigenvalue weighted by molar-refractivity contribution is 0.0748. The normalized spacial score (nSPS) is 10.4. The van der Waals surface area contributed by atoms with Crippen LogP contribution in [0.5, 0.6) is 0 Å². The number of para-hydroxylation sites is 1. The molecule has 100 valence electrons. The van der Waals surface area contributed by atoms with Gasteiger partial charge in [-0.2, -0.15) is 0 Å². The number of nitrogen functional groups attached to an aromatic ring is 1. The van der Waals surface area contributed by atoms with E-state index >= 15 is 0 Å². The van der Waals surface area contributed by atoms with Gasteiger partial charge < -0.3 is 10.6 Å². The van der Waals surface area contributed by atoms with Gasteiger partial charge in [0.15, 0.2) is 0 Å². The molecule has 0 aliphatic rings. The molecule has 2 rings (SSSR count). The maximum Gasteiger partial charge on any atom is 0.267 e. The molecule has 0 saturated heterocycles. The van der Waals surface area contributed by atoms with Crippen molar-refractivity contribution in [3.63, 3.8) is 0 Å². The highest BCUT2D eigenvalue weighted by Gasteiger charge is 2.18. The number of carbonyl (C=O) groups is 1. The largest absolute Gasteiger partial charge is 0.398 e. The molecule has 1 heterocycles. The van der Waals surface area contributed by atoms with Gasteiger partial charge in [-0.3, -0.25) is 4.79 Å². The van der Waals surface area contributed by atoms with Gasteiger partial charge in [0.2, 0.25) is 0 Å². The Bertz CT molecular complexity index is 541. The predicted octanol–water partition coefficient (Wildman–Crippen LogP) is 2.17. The van der Waals surface area contributed by atoms with E-state index in [2.05, 4.69) is 9.59 Å². The fourth-order valence-corrected chi connectivity index (χ4v) is 2.31. The van der Waals surface area contributed by atoms with E-state index in [-0.39, 0.29) is 5.91 Å². The minimum Gasteiger partial charge on any atom is -0.398 e. The molecule has 1 aromatic carbocycles. The summed E-state index contributed by atoms with van der Waals surface area (Å²) in [5, 5.41) is 3.71. The summed E-state index contributed by atoms with van der Waals surface area (Å²) in [4.78, 5) is 14.7. The highest BCUT2D eigenvalue weighted by Crippen LogP contribution is 2.16. The first-order valence-corrected chi connectivity index (χ1v) is 6.89. The quantitative estimate of drug-likeness (QED) is 0.849. The van der Waals surface area contributed by atoms with Gasteiger partial charge in [-0.25, -0.2) is 0 Å². The number of nitrogens with two attached hydrogens (primary N) is 1. The fraction of sp³-hybridized carbons (Fsp3) is 0.308.